The number of aliphatic carboxylic acids is 1. The van der Waals surface area contributed by atoms with Gasteiger partial charge in [-0.3, -0.25) is 5.10 Å². The Hall–Kier alpha value is -3.33. The molecule has 0 saturated heterocycles. The maximum Gasteiger partial charge on any atom is 0.213 e. The number of nitrogens with zero attached hydrogens (tertiary/aromatic N) is 3. The number of benzene rings is 1. The maximum atomic E-state index is 11.6. The van der Waals surface area contributed by atoms with Gasteiger partial charge >= 0.3 is 0 Å². The molecule has 9 heteroatoms. The van der Waals surface area contributed by atoms with Crippen LogP contribution in [-0.4, -0.2) is 31.7 Å². The van der Waals surface area contributed by atoms with Crippen LogP contribution in [0.5, 0.6) is 0 Å². The minimum Gasteiger partial charge on any atom is -0.545 e. The molecule has 0 aliphatic heterocycles. The van der Waals surface area contributed by atoms with Gasteiger partial charge in [-0.25, -0.2) is 4.98 Å². The van der Waals surface area contributed by atoms with Crippen LogP contribution in [-0.2, 0) is 11.2 Å². The minimum absolute atomic E-state index is 0.0146. The molecule has 3 rings (SSSR count). The molecule has 0 aliphatic rings. The number of thioether (sulfide) groups is 1. The first-order valence-electron chi connectivity index (χ1n) is 8.83. The number of carbonyl (C=O) groups excluding carboxylic acids is 2. The Morgan fingerprint density at radius 3 is 2.45 bits per heavy atom. The number of carbonyl (C=O) groups is 2. The Bertz CT molecular complexity index is 1100. The van der Waals surface area contributed by atoms with Crippen LogP contribution in [0.2, 0.25) is 0 Å². The summed E-state index contributed by atoms with van der Waals surface area (Å²) in [5.41, 5.74) is 3.21. The first-order valence-corrected chi connectivity index (χ1v) is 9.64. The highest BCUT2D eigenvalue weighted by Gasteiger charge is 2.13. The van der Waals surface area contributed by atoms with E-state index in [9.17, 15) is 19.8 Å². The van der Waals surface area contributed by atoms with E-state index in [4.69, 9.17) is 0 Å². The third-order valence-corrected chi connectivity index (χ3v) is 5.24. The summed E-state index contributed by atoms with van der Waals surface area (Å²) in [6, 6.07) is 8.13. The number of hydrogen-bond acceptors (Lipinski definition) is 7. The molecule has 2 heterocycles. The summed E-state index contributed by atoms with van der Waals surface area (Å²) < 4.78 is 1.91. The van der Waals surface area contributed by atoms with Gasteiger partial charge in [-0.05, 0) is 61.0 Å². The normalized spacial score (nSPS) is 11.6. The highest BCUT2D eigenvalue weighted by Crippen LogP contribution is 2.28. The van der Waals surface area contributed by atoms with E-state index in [1.54, 1.807) is 12.1 Å². The zero-order valence-corrected chi connectivity index (χ0v) is 16.9. The first kappa shape index (κ1) is 20.4. The second-order valence-corrected chi connectivity index (χ2v) is 7.32. The van der Waals surface area contributed by atoms with Crippen molar-refractivity contribution in [1.29, 1.82) is 0 Å². The van der Waals surface area contributed by atoms with Gasteiger partial charge in [0, 0.05) is 28.4 Å². The fourth-order valence-electron chi connectivity index (χ4n) is 2.93. The highest BCUT2D eigenvalue weighted by atomic mass is 32.2. The van der Waals surface area contributed by atoms with Crippen LogP contribution in [0.25, 0.3) is 11.8 Å². The number of aromatic nitrogens is 4. The Balaban J connectivity index is 1.96. The molecular formula is C20H18N4O4S-2. The quantitative estimate of drug-likeness (QED) is 0.455. The third kappa shape index (κ3) is 4.40. The monoisotopic (exact) mass is 410 g/mol. The zero-order chi connectivity index (χ0) is 21.1. The van der Waals surface area contributed by atoms with Gasteiger partial charge in [0.2, 0.25) is 5.16 Å². The number of carboxylic acid groups (broad SMARTS) is 2. The molecule has 29 heavy (non-hydrogen) atoms. The Morgan fingerprint density at radius 2 is 1.90 bits per heavy atom. The Labute approximate surface area is 171 Å². The number of hydrogen-bond donors (Lipinski definition) is 1. The molecule has 0 fully saturated rings. The van der Waals surface area contributed by atoms with Crippen molar-refractivity contribution in [2.45, 2.75) is 32.3 Å². The van der Waals surface area contributed by atoms with E-state index in [0.29, 0.717) is 23.0 Å². The smallest absolute Gasteiger partial charge is 0.213 e. The Morgan fingerprint density at radius 1 is 1.21 bits per heavy atom. The van der Waals surface area contributed by atoms with Gasteiger partial charge in [-0.1, -0.05) is 19.1 Å². The van der Waals surface area contributed by atoms with Crippen LogP contribution in [0, 0.1) is 13.8 Å². The Kier molecular flexibility index (Phi) is 5.88. The predicted octanol–water partition coefficient (Wildman–Crippen LogP) is 1.02. The number of aromatic carboxylic acids is 1. The van der Waals surface area contributed by atoms with E-state index in [2.05, 4.69) is 15.2 Å². The molecule has 2 aromatic heterocycles. The van der Waals surface area contributed by atoms with Crippen molar-refractivity contribution in [3.8, 4) is 5.69 Å². The second-order valence-electron chi connectivity index (χ2n) is 6.31. The second kappa shape index (κ2) is 8.36. The summed E-state index contributed by atoms with van der Waals surface area (Å²) in [6.07, 6.45) is 2.19. The van der Waals surface area contributed by atoms with Crippen molar-refractivity contribution in [3.63, 3.8) is 0 Å². The first-order chi connectivity index (χ1) is 13.8. The van der Waals surface area contributed by atoms with Crippen LogP contribution >= 0.6 is 11.8 Å². The molecule has 0 bridgehead atoms. The van der Waals surface area contributed by atoms with Crippen molar-refractivity contribution in [2.24, 2.45) is 0 Å². The summed E-state index contributed by atoms with van der Waals surface area (Å²) in [5.74, 6) is -1.89. The van der Waals surface area contributed by atoms with E-state index in [-0.39, 0.29) is 10.5 Å². The molecule has 0 unspecified atom stereocenters. The molecule has 3 aromatic rings. The predicted molar refractivity (Wildman–Crippen MR) is 104 cm³/mol. The molecule has 8 nitrogen and oxygen atoms in total. The van der Waals surface area contributed by atoms with Crippen LogP contribution in [0.15, 0.2) is 40.4 Å². The molecule has 0 spiro atoms. The van der Waals surface area contributed by atoms with Gasteiger partial charge in [-0.15, -0.1) is 5.10 Å². The molecule has 0 atom stereocenters. The van der Waals surface area contributed by atoms with E-state index >= 15 is 0 Å². The van der Waals surface area contributed by atoms with Crippen molar-refractivity contribution >= 4 is 29.8 Å². The molecule has 150 valence electrons. The number of aromatic amines is 1. The van der Waals surface area contributed by atoms with E-state index in [1.807, 2.05) is 31.4 Å². The lowest BCUT2D eigenvalue weighted by atomic mass is 10.2. The van der Waals surface area contributed by atoms with Crippen LogP contribution < -0.4 is 10.2 Å². The van der Waals surface area contributed by atoms with Crippen molar-refractivity contribution < 1.29 is 19.8 Å². The SMILES string of the molecule is CCc1nc(S/C(=C\c2cc(C)n(-c3ccc(C(=O)[O-])cc3)c2C)C(=O)[O-])n[nH]1. The number of nitrogens with one attached hydrogen (secondary N) is 1. The maximum absolute atomic E-state index is 11.6. The van der Waals surface area contributed by atoms with Crippen LogP contribution in [0.3, 0.4) is 0 Å². The van der Waals surface area contributed by atoms with Gasteiger partial charge in [0.15, 0.2) is 0 Å². The lowest BCUT2D eigenvalue weighted by molar-refractivity contribution is -0.298. The van der Waals surface area contributed by atoms with Crippen LogP contribution in [0.1, 0.15) is 40.1 Å². The lowest BCUT2D eigenvalue weighted by Crippen LogP contribution is -2.23. The topological polar surface area (TPSA) is 127 Å². The zero-order valence-electron chi connectivity index (χ0n) is 16.1. The summed E-state index contributed by atoms with van der Waals surface area (Å²) in [4.78, 5) is 26.8. The van der Waals surface area contributed by atoms with Gasteiger partial charge in [0.05, 0.1) is 11.9 Å². The van der Waals surface area contributed by atoms with Gasteiger partial charge < -0.3 is 24.4 Å². The third-order valence-electron chi connectivity index (χ3n) is 4.37. The highest BCUT2D eigenvalue weighted by molar-refractivity contribution is 8.04. The molecular weight excluding hydrogens is 392 g/mol. The van der Waals surface area contributed by atoms with Crippen molar-refractivity contribution in [1.82, 2.24) is 19.7 Å². The molecule has 0 saturated carbocycles. The van der Waals surface area contributed by atoms with Gasteiger partial charge in [0.1, 0.15) is 5.82 Å². The van der Waals surface area contributed by atoms with Crippen molar-refractivity contribution in [2.75, 3.05) is 0 Å². The van der Waals surface area contributed by atoms with E-state index in [0.717, 1.165) is 28.8 Å². The molecule has 0 aliphatic carbocycles. The molecule has 0 radical (unpaired) electrons. The number of rotatable bonds is 7. The lowest BCUT2D eigenvalue weighted by Gasteiger charge is -2.11. The summed E-state index contributed by atoms with van der Waals surface area (Å²) in [7, 11) is 0. The fourth-order valence-corrected chi connectivity index (χ4v) is 3.64. The largest absolute Gasteiger partial charge is 0.545 e. The number of carboxylic acids is 2. The summed E-state index contributed by atoms with van der Waals surface area (Å²) in [5, 5.41) is 29.6. The average molecular weight is 410 g/mol. The van der Waals surface area contributed by atoms with Gasteiger partial charge in [-0.2, -0.15) is 0 Å². The minimum atomic E-state index is -1.32. The molecule has 1 N–H and O–H groups in total. The fraction of sp³-hybridized carbons (Fsp3) is 0.200. The van der Waals surface area contributed by atoms with Crippen LogP contribution in [0.4, 0.5) is 0 Å². The molecule has 1 aromatic carbocycles. The number of aryl methyl sites for hydroxylation is 2. The average Bonchev–Trinajstić information content (AvgIpc) is 3.25. The molecule has 0 amide bonds. The summed E-state index contributed by atoms with van der Waals surface area (Å²) >= 11 is 0.917. The van der Waals surface area contributed by atoms with E-state index in [1.165, 1.54) is 18.2 Å². The van der Waals surface area contributed by atoms with Gasteiger partial charge in [0.25, 0.3) is 0 Å². The standard InChI is InChI=1S/C20H20N4O4S/c1-4-17-21-20(23-22-17)29-16(19(27)28)10-14-9-11(2)24(12(14)3)15-7-5-13(6-8-15)18(25)26/h5-10H,4H2,1-3H3,(H,25,26)(H,27,28)(H,21,22,23)/p-2/b16-10-. The van der Waals surface area contributed by atoms with E-state index < -0.39 is 11.9 Å². The van der Waals surface area contributed by atoms with Crippen molar-refractivity contribution in [3.05, 3.63) is 63.6 Å². The number of H-pyrrole nitrogens is 1. The summed E-state index contributed by atoms with van der Waals surface area (Å²) in [6.45, 7) is 5.65.